The molecule has 0 radical (unpaired) electrons. The van der Waals surface area contributed by atoms with Crippen molar-refractivity contribution in [2.45, 2.75) is 0 Å². The van der Waals surface area contributed by atoms with Gasteiger partial charge in [0.25, 0.3) is 6.33 Å². The first kappa shape index (κ1) is 48.0. The summed E-state index contributed by atoms with van der Waals surface area (Å²) in [5.74, 6) is 1.04. The number of hydrogen-bond donors (Lipinski definition) is 0. The first-order valence-electron chi connectivity index (χ1n) is 25.8. The van der Waals surface area contributed by atoms with E-state index in [2.05, 4.69) is 239 Å². The summed E-state index contributed by atoms with van der Waals surface area (Å²) >= 11 is 0. The normalized spacial score (nSPS) is 11.2. The molecule has 3 heterocycles. The molecule has 14 aromatic rings. The van der Waals surface area contributed by atoms with E-state index >= 15 is 0 Å². The van der Waals surface area contributed by atoms with Gasteiger partial charge in [-0.1, -0.05) is 217 Å². The van der Waals surface area contributed by atoms with Gasteiger partial charge in [0.15, 0.2) is 0 Å². The van der Waals surface area contributed by atoms with Crippen LogP contribution in [-0.4, -0.2) is 9.55 Å². The van der Waals surface area contributed by atoms with E-state index in [1.54, 1.807) is 6.20 Å². The van der Waals surface area contributed by atoms with Gasteiger partial charge in [0.05, 0.1) is 22.3 Å². The van der Waals surface area contributed by atoms with Crippen LogP contribution in [0.3, 0.4) is 0 Å². The number of rotatable bonds is 11. The second kappa shape index (κ2) is 20.8. The van der Waals surface area contributed by atoms with Crippen LogP contribution < -0.4 is 9.30 Å². The molecule has 0 amide bonds. The molecule has 0 aliphatic rings. The average Bonchev–Trinajstić information content (AvgIpc) is 4.24. The number of para-hydroxylation sites is 4. The molecule has 78 heavy (non-hydrogen) atoms. The predicted molar refractivity (Wildman–Crippen MR) is 311 cm³/mol. The monoisotopic (exact) mass is 1180 g/mol. The topological polar surface area (TPSA) is 44.1 Å². The van der Waals surface area contributed by atoms with Crippen LogP contribution in [0.15, 0.2) is 278 Å². The van der Waals surface area contributed by atoms with Crippen molar-refractivity contribution >= 4 is 33.0 Å². The van der Waals surface area contributed by atoms with Crippen molar-refractivity contribution in [3.05, 3.63) is 292 Å². The first-order chi connectivity index (χ1) is 38.1. The molecule has 372 valence electrons. The third-order valence-corrected chi connectivity index (χ3v) is 14.3. The van der Waals surface area contributed by atoms with Crippen molar-refractivity contribution in [2.75, 3.05) is 0 Å². The van der Waals surface area contributed by atoms with Crippen LogP contribution in [-0.2, 0) is 21.1 Å². The van der Waals surface area contributed by atoms with Gasteiger partial charge in [-0.25, -0.2) is 0 Å². The fourth-order valence-electron chi connectivity index (χ4n) is 10.6. The molecule has 0 spiro atoms. The number of pyridine rings is 1. The summed E-state index contributed by atoms with van der Waals surface area (Å²) in [6.07, 6.45) is 5.69. The summed E-state index contributed by atoms with van der Waals surface area (Å²) in [4.78, 5) is 4.69. The van der Waals surface area contributed by atoms with Crippen LogP contribution in [0, 0.1) is 18.5 Å². The zero-order valence-electron chi connectivity index (χ0n) is 42.0. The number of hydrogen-bond acceptors (Lipinski definition) is 3. The van der Waals surface area contributed by atoms with E-state index in [0.717, 1.165) is 117 Å². The van der Waals surface area contributed by atoms with E-state index in [4.69, 9.17) is 9.15 Å². The maximum atomic E-state index is 6.76. The minimum atomic E-state index is 0. The van der Waals surface area contributed by atoms with Crippen molar-refractivity contribution in [2.24, 2.45) is 0 Å². The van der Waals surface area contributed by atoms with E-state index in [0.29, 0.717) is 17.1 Å². The quantitative estimate of drug-likeness (QED) is 0.0958. The van der Waals surface area contributed by atoms with Gasteiger partial charge >= 0.3 is 0 Å². The van der Waals surface area contributed by atoms with Crippen LogP contribution in [0.4, 0.5) is 0 Å². The van der Waals surface area contributed by atoms with Gasteiger partial charge in [0, 0.05) is 44.1 Å². The smallest absolute Gasteiger partial charge is 0.268 e. The second-order valence-corrected chi connectivity index (χ2v) is 19.1. The third-order valence-electron chi connectivity index (χ3n) is 14.3. The maximum absolute atomic E-state index is 6.76. The van der Waals surface area contributed by atoms with Gasteiger partial charge in [-0.15, -0.1) is 12.1 Å². The average molecular weight is 1180 g/mol. The molecule has 0 saturated carbocycles. The van der Waals surface area contributed by atoms with Gasteiger partial charge in [-0.3, -0.25) is 4.57 Å². The fourth-order valence-corrected chi connectivity index (χ4v) is 10.6. The molecule has 14 rings (SSSR count). The Kier molecular flexibility index (Phi) is 12.8. The minimum Gasteiger partial charge on any atom is -0.503 e. The van der Waals surface area contributed by atoms with Crippen LogP contribution in [0.25, 0.3) is 122 Å². The first-order valence-corrected chi connectivity index (χ1v) is 25.8. The molecule has 0 aliphatic heterocycles. The number of imidazole rings is 1. The Hall–Kier alpha value is -9.67. The SMILES string of the molecule is [Pt].[c-]1c(Oc2[c-]c(-c3ccccn3)c3oc4ccccc4c3c2)cccc1-n1[c-][n+](-c2c(-c3cc(-c4ccccc4)cc(-c4ccccc4)c3)cccc2-c2cc(-c3ccccc3)cc(-c3ccccc3)c2)c2ccccc21. The number of aromatic nitrogens is 3. The van der Waals surface area contributed by atoms with E-state index < -0.39 is 0 Å². The van der Waals surface area contributed by atoms with Crippen LogP contribution in [0.2, 0.25) is 0 Å². The van der Waals surface area contributed by atoms with Crippen molar-refractivity contribution in [1.82, 2.24) is 9.55 Å². The van der Waals surface area contributed by atoms with Crippen LogP contribution >= 0.6 is 0 Å². The number of ether oxygens (including phenoxy) is 1. The number of nitrogens with zero attached hydrogens (tertiary/aromatic N) is 3. The second-order valence-electron chi connectivity index (χ2n) is 19.1. The Balaban J connectivity index is 0.00000579. The van der Waals surface area contributed by atoms with Gasteiger partial charge in [0.1, 0.15) is 5.58 Å². The molecule has 0 saturated heterocycles. The molecule has 6 heteroatoms. The summed E-state index contributed by atoms with van der Waals surface area (Å²) < 4.78 is 17.5. The Morgan fingerprint density at radius 2 is 0.923 bits per heavy atom. The molecule has 11 aromatic carbocycles. The van der Waals surface area contributed by atoms with E-state index in [1.165, 1.54) is 0 Å². The molecule has 0 bridgehead atoms. The van der Waals surface area contributed by atoms with Gasteiger partial charge < -0.3 is 18.7 Å². The summed E-state index contributed by atoms with van der Waals surface area (Å²) in [5, 5.41) is 1.90. The van der Waals surface area contributed by atoms with Crippen molar-refractivity contribution in [3.8, 4) is 101 Å². The molecule has 5 nitrogen and oxygen atoms in total. The summed E-state index contributed by atoms with van der Waals surface area (Å²) in [5.41, 5.74) is 20.0. The van der Waals surface area contributed by atoms with Crippen LogP contribution in [0.1, 0.15) is 0 Å². The third kappa shape index (κ3) is 9.10. The Morgan fingerprint density at radius 3 is 1.50 bits per heavy atom. The number of furan rings is 1. The molecular formula is C72H45N3O2Pt-2. The summed E-state index contributed by atoms with van der Waals surface area (Å²) in [6.45, 7) is 0. The van der Waals surface area contributed by atoms with Crippen molar-refractivity contribution in [1.29, 1.82) is 0 Å². The molecule has 3 aromatic heterocycles. The predicted octanol–water partition coefficient (Wildman–Crippen LogP) is 18.1. The Labute approximate surface area is 466 Å². The molecular weight excluding hydrogens is 1130 g/mol. The molecule has 0 fully saturated rings. The standard InChI is InChI=1S/C72H45N3O2.Pt/c1-5-21-49(22-6-1)53-39-54(50-23-7-2-8-24-50)42-57(41-53)62-32-20-33-63(58-43-55(51-25-9-3-10-26-51)40-56(44-58)52-27-11-4-12-28-52)71(62)75-48-74(68-35-14-15-36-69(68)75)59-29-19-30-60(45-59)76-61-46-65-64-31-13-16-37-70(64)77-72(65)66(47-61)67-34-17-18-38-73-67;/h1-44,46H;/q-2;. The fraction of sp³-hybridized carbons (Fsp3) is 0. The maximum Gasteiger partial charge on any atom is 0.268 e. The van der Waals surface area contributed by atoms with Gasteiger partial charge in [-0.05, 0) is 127 Å². The van der Waals surface area contributed by atoms with Gasteiger partial charge in [-0.2, -0.15) is 12.1 Å². The van der Waals surface area contributed by atoms with E-state index in [-0.39, 0.29) is 21.1 Å². The summed E-state index contributed by atoms with van der Waals surface area (Å²) in [6, 6.07) is 101. The molecule has 0 aliphatic carbocycles. The number of fused-ring (bicyclic) bond motifs is 4. The Morgan fingerprint density at radius 1 is 0.410 bits per heavy atom. The molecule has 0 N–H and O–H groups in total. The largest absolute Gasteiger partial charge is 0.503 e. The van der Waals surface area contributed by atoms with Crippen molar-refractivity contribution in [3.63, 3.8) is 0 Å². The molecule has 0 unspecified atom stereocenters. The minimum absolute atomic E-state index is 0. The zero-order valence-corrected chi connectivity index (χ0v) is 44.2. The van der Waals surface area contributed by atoms with Crippen LogP contribution in [0.5, 0.6) is 11.5 Å². The molecule has 0 atom stereocenters. The van der Waals surface area contributed by atoms with Crippen molar-refractivity contribution < 1.29 is 34.8 Å². The van der Waals surface area contributed by atoms with E-state index in [9.17, 15) is 0 Å². The Bertz CT molecular complexity index is 4200. The van der Waals surface area contributed by atoms with Gasteiger partial charge in [0.2, 0.25) is 0 Å². The number of benzene rings is 11. The zero-order chi connectivity index (χ0) is 51.1. The van der Waals surface area contributed by atoms with E-state index in [1.807, 2.05) is 60.7 Å². The summed E-state index contributed by atoms with van der Waals surface area (Å²) in [7, 11) is 0.